The summed E-state index contributed by atoms with van der Waals surface area (Å²) in [5, 5.41) is 2.97. The molecule has 4 rings (SSSR count). The number of hydrogen-bond donors (Lipinski definition) is 1. The molecule has 0 saturated carbocycles. The zero-order valence-electron chi connectivity index (χ0n) is 15.9. The number of aromatic nitrogens is 4. The molecule has 2 aromatic carbocycles. The Bertz CT molecular complexity index is 1260. The van der Waals surface area contributed by atoms with Crippen LogP contribution in [0.5, 0.6) is 0 Å². The highest BCUT2D eigenvalue weighted by molar-refractivity contribution is 5.79. The molecule has 0 aliphatic heterocycles. The number of nitrogens with zero attached hydrogens (tertiary/aromatic N) is 4. The summed E-state index contributed by atoms with van der Waals surface area (Å²) in [5.41, 5.74) is 1.98. The molecular formula is C21H20FN5O2. The molecule has 0 unspecified atom stereocenters. The standard InChI is InChI=1S/C21H20FN5O2/c1-14-25-18-5-2-3-6-19(18)27(14)10-4-9-23-20(28)12-26-13-24-17-8-7-15(22)11-16(17)21(26)29/h2-3,5-8,11,13H,4,9-10,12H2,1H3,(H,23,28). The lowest BCUT2D eigenvalue weighted by molar-refractivity contribution is -0.121. The minimum absolute atomic E-state index is 0.155. The largest absolute Gasteiger partial charge is 0.354 e. The number of hydrogen-bond acceptors (Lipinski definition) is 4. The second kappa shape index (κ2) is 7.83. The Morgan fingerprint density at radius 2 is 2.00 bits per heavy atom. The molecule has 8 heteroatoms. The molecule has 0 aliphatic rings. The molecule has 0 saturated heterocycles. The summed E-state index contributed by atoms with van der Waals surface area (Å²) in [6.45, 7) is 2.99. The molecule has 4 aromatic rings. The van der Waals surface area contributed by atoms with Crippen molar-refractivity contribution >= 4 is 27.8 Å². The van der Waals surface area contributed by atoms with Crippen molar-refractivity contribution < 1.29 is 9.18 Å². The third-order valence-electron chi connectivity index (χ3n) is 4.83. The fourth-order valence-corrected chi connectivity index (χ4v) is 3.40. The first kappa shape index (κ1) is 18.8. The lowest BCUT2D eigenvalue weighted by Gasteiger charge is -2.09. The molecule has 29 heavy (non-hydrogen) atoms. The molecule has 1 amide bonds. The van der Waals surface area contributed by atoms with Crippen LogP contribution >= 0.6 is 0 Å². The van der Waals surface area contributed by atoms with Crippen LogP contribution in [0.3, 0.4) is 0 Å². The molecule has 0 radical (unpaired) electrons. The first-order valence-electron chi connectivity index (χ1n) is 9.36. The highest BCUT2D eigenvalue weighted by Gasteiger charge is 2.10. The fourth-order valence-electron chi connectivity index (χ4n) is 3.40. The average Bonchev–Trinajstić information content (AvgIpc) is 3.03. The van der Waals surface area contributed by atoms with Crippen LogP contribution in [0.1, 0.15) is 12.2 Å². The number of imidazole rings is 1. The monoisotopic (exact) mass is 393 g/mol. The molecule has 0 spiro atoms. The van der Waals surface area contributed by atoms with E-state index in [1.807, 2.05) is 31.2 Å². The number of aryl methyl sites for hydroxylation is 2. The molecule has 0 atom stereocenters. The molecule has 0 bridgehead atoms. The molecule has 7 nitrogen and oxygen atoms in total. The number of benzene rings is 2. The van der Waals surface area contributed by atoms with Gasteiger partial charge in [0.1, 0.15) is 18.2 Å². The summed E-state index contributed by atoms with van der Waals surface area (Å²) in [6.07, 6.45) is 2.03. The van der Waals surface area contributed by atoms with E-state index < -0.39 is 11.4 Å². The van der Waals surface area contributed by atoms with Gasteiger partial charge >= 0.3 is 0 Å². The van der Waals surface area contributed by atoms with Crippen molar-refractivity contribution in [2.45, 2.75) is 26.4 Å². The van der Waals surface area contributed by atoms with Gasteiger partial charge < -0.3 is 9.88 Å². The number of rotatable bonds is 6. The lowest BCUT2D eigenvalue weighted by atomic mass is 10.2. The maximum Gasteiger partial charge on any atom is 0.261 e. The number of amides is 1. The van der Waals surface area contributed by atoms with E-state index in [0.717, 1.165) is 35.9 Å². The molecule has 0 fully saturated rings. The van der Waals surface area contributed by atoms with Gasteiger partial charge in [-0.1, -0.05) is 12.1 Å². The van der Waals surface area contributed by atoms with Crippen LogP contribution < -0.4 is 10.9 Å². The smallest absolute Gasteiger partial charge is 0.261 e. The van der Waals surface area contributed by atoms with Crippen molar-refractivity contribution in [3.8, 4) is 0 Å². The minimum atomic E-state index is -0.513. The molecule has 2 aromatic heterocycles. The van der Waals surface area contributed by atoms with Crippen molar-refractivity contribution in [2.75, 3.05) is 6.54 Å². The highest BCUT2D eigenvalue weighted by Crippen LogP contribution is 2.15. The summed E-state index contributed by atoms with van der Waals surface area (Å²) >= 11 is 0. The van der Waals surface area contributed by atoms with E-state index in [2.05, 4.69) is 19.9 Å². The van der Waals surface area contributed by atoms with E-state index >= 15 is 0 Å². The summed E-state index contributed by atoms with van der Waals surface area (Å²) < 4.78 is 16.7. The number of halogens is 1. The van der Waals surface area contributed by atoms with Crippen LogP contribution in [0, 0.1) is 12.7 Å². The lowest BCUT2D eigenvalue weighted by Crippen LogP contribution is -2.33. The number of nitrogens with one attached hydrogen (secondary N) is 1. The van der Waals surface area contributed by atoms with Crippen LogP contribution in [-0.2, 0) is 17.9 Å². The van der Waals surface area contributed by atoms with Crippen LogP contribution in [0.2, 0.25) is 0 Å². The number of fused-ring (bicyclic) bond motifs is 2. The normalized spacial score (nSPS) is 11.2. The van der Waals surface area contributed by atoms with Gasteiger partial charge in [0, 0.05) is 13.1 Å². The third-order valence-corrected chi connectivity index (χ3v) is 4.83. The Morgan fingerprint density at radius 1 is 1.17 bits per heavy atom. The first-order valence-corrected chi connectivity index (χ1v) is 9.36. The van der Waals surface area contributed by atoms with Crippen LogP contribution in [0.4, 0.5) is 4.39 Å². The second-order valence-electron chi connectivity index (χ2n) is 6.84. The van der Waals surface area contributed by atoms with Crippen molar-refractivity contribution in [3.05, 3.63) is 70.8 Å². The molecule has 1 N–H and O–H groups in total. The number of carbonyl (C=O) groups excluding carboxylic acids is 1. The van der Waals surface area contributed by atoms with E-state index in [1.165, 1.54) is 23.0 Å². The van der Waals surface area contributed by atoms with Gasteiger partial charge in [0.15, 0.2) is 0 Å². The van der Waals surface area contributed by atoms with E-state index in [0.29, 0.717) is 12.1 Å². The van der Waals surface area contributed by atoms with Crippen LogP contribution in [0.25, 0.3) is 21.9 Å². The van der Waals surface area contributed by atoms with E-state index in [4.69, 9.17) is 0 Å². The topological polar surface area (TPSA) is 81.8 Å². The van der Waals surface area contributed by atoms with Gasteiger partial charge in [0.05, 0.1) is 28.3 Å². The Labute approximate surface area is 165 Å². The van der Waals surface area contributed by atoms with Crippen LogP contribution in [0.15, 0.2) is 53.6 Å². The Kier molecular flexibility index (Phi) is 5.07. The summed E-state index contributed by atoms with van der Waals surface area (Å²) in [4.78, 5) is 33.3. The number of carbonyl (C=O) groups is 1. The molecular weight excluding hydrogens is 373 g/mol. The minimum Gasteiger partial charge on any atom is -0.354 e. The van der Waals surface area contributed by atoms with Gasteiger partial charge in [-0.05, 0) is 43.7 Å². The van der Waals surface area contributed by atoms with Crippen molar-refractivity contribution in [1.29, 1.82) is 0 Å². The maximum absolute atomic E-state index is 13.4. The van der Waals surface area contributed by atoms with Gasteiger partial charge in [0.25, 0.3) is 5.56 Å². The van der Waals surface area contributed by atoms with Crippen molar-refractivity contribution in [1.82, 2.24) is 24.4 Å². The molecule has 0 aliphatic carbocycles. The summed E-state index contributed by atoms with van der Waals surface area (Å²) in [6, 6.07) is 11.8. The predicted octanol–water partition coefficient (Wildman–Crippen LogP) is 2.40. The zero-order chi connectivity index (χ0) is 20.4. The van der Waals surface area contributed by atoms with Gasteiger partial charge in [-0.25, -0.2) is 14.4 Å². The van der Waals surface area contributed by atoms with Gasteiger partial charge in [-0.15, -0.1) is 0 Å². The quantitative estimate of drug-likeness (QED) is 0.510. The predicted molar refractivity (Wildman–Crippen MR) is 108 cm³/mol. The van der Waals surface area contributed by atoms with Gasteiger partial charge in [-0.2, -0.15) is 0 Å². The van der Waals surface area contributed by atoms with Gasteiger partial charge in [-0.3, -0.25) is 14.2 Å². The number of para-hydroxylation sites is 2. The van der Waals surface area contributed by atoms with E-state index in [1.54, 1.807) is 0 Å². The average molecular weight is 393 g/mol. The first-order chi connectivity index (χ1) is 14.0. The fraction of sp³-hybridized carbons (Fsp3) is 0.238. The van der Waals surface area contributed by atoms with E-state index in [9.17, 15) is 14.0 Å². The zero-order valence-corrected chi connectivity index (χ0v) is 15.9. The Morgan fingerprint density at radius 3 is 2.86 bits per heavy atom. The second-order valence-corrected chi connectivity index (χ2v) is 6.84. The Balaban J connectivity index is 1.36. The van der Waals surface area contributed by atoms with E-state index in [-0.39, 0.29) is 17.8 Å². The highest BCUT2D eigenvalue weighted by atomic mass is 19.1. The van der Waals surface area contributed by atoms with Gasteiger partial charge in [0.2, 0.25) is 5.91 Å². The van der Waals surface area contributed by atoms with Crippen molar-refractivity contribution in [2.24, 2.45) is 0 Å². The Hall–Kier alpha value is -3.55. The van der Waals surface area contributed by atoms with Crippen molar-refractivity contribution in [3.63, 3.8) is 0 Å². The summed E-state index contributed by atoms with van der Waals surface area (Å²) in [7, 11) is 0. The summed E-state index contributed by atoms with van der Waals surface area (Å²) in [5.74, 6) is 0.122. The maximum atomic E-state index is 13.4. The molecule has 2 heterocycles. The SMILES string of the molecule is Cc1nc2ccccc2n1CCCNC(=O)Cn1cnc2ccc(F)cc2c1=O. The van der Waals surface area contributed by atoms with Crippen LogP contribution in [-0.4, -0.2) is 31.6 Å². The molecule has 148 valence electrons. The third kappa shape index (κ3) is 3.87.